The van der Waals surface area contributed by atoms with Gasteiger partial charge >= 0.3 is 10.3 Å². The summed E-state index contributed by atoms with van der Waals surface area (Å²) in [5, 5.41) is 30.5. The Morgan fingerprint density at radius 1 is 1.33 bits per heavy atom. The van der Waals surface area contributed by atoms with Crippen molar-refractivity contribution in [2.24, 2.45) is 11.1 Å². The number of nitrogens with two attached hydrogens (primary N) is 1. The van der Waals surface area contributed by atoms with Crippen molar-refractivity contribution in [3.05, 3.63) is 17.3 Å². The summed E-state index contributed by atoms with van der Waals surface area (Å²) in [5.74, 6) is 1.41. The average molecular weight is 416 g/mol. The molecule has 1 saturated carbocycles. The maximum atomic E-state index is 10.9. The third-order valence-electron chi connectivity index (χ3n) is 4.70. The molecule has 4 rings (SSSR count). The molecule has 1 aliphatic carbocycles. The number of aliphatic hydroxyl groups excluding tert-OH is 2. The van der Waals surface area contributed by atoms with E-state index in [4.69, 9.17) is 9.88 Å². The smallest absolute Gasteiger partial charge is 0.333 e. The molecule has 0 bridgehead atoms. The highest BCUT2D eigenvalue weighted by molar-refractivity contribution is 7.84. The monoisotopic (exact) mass is 416 g/mol. The van der Waals surface area contributed by atoms with E-state index in [2.05, 4.69) is 19.5 Å². The number of rotatable bonds is 7. The Labute approximate surface area is 159 Å². The van der Waals surface area contributed by atoms with Crippen LogP contribution < -0.4 is 10.5 Å². The number of hydrogen-bond acceptors (Lipinski definition) is 10. The highest BCUT2D eigenvalue weighted by Crippen LogP contribution is 2.40. The van der Waals surface area contributed by atoms with E-state index in [1.807, 2.05) is 0 Å². The standard InChI is InChI=1S/C15H20N4O6S2/c16-27(22,23)24-4-9-11(20)12(21)13(25-9)8-5-26-14-10(8)18-6-19-15(14)17-3-7-1-2-7/h5-7,9,11-13,20-21H,1-4H2,(H2,16,22,23)(H,17,18,19)/t9-,11-,12-,13+/m1/s1. The fourth-order valence-electron chi connectivity index (χ4n) is 3.07. The van der Waals surface area contributed by atoms with Crippen LogP contribution in [0.25, 0.3) is 10.2 Å². The molecule has 0 amide bonds. The Morgan fingerprint density at radius 3 is 2.81 bits per heavy atom. The van der Waals surface area contributed by atoms with Crippen LogP contribution >= 0.6 is 11.3 Å². The minimum Gasteiger partial charge on any atom is -0.387 e. The Kier molecular flexibility index (Phi) is 5.05. The summed E-state index contributed by atoms with van der Waals surface area (Å²) in [4.78, 5) is 8.59. The lowest BCUT2D eigenvalue weighted by molar-refractivity contribution is -0.0151. The van der Waals surface area contributed by atoms with E-state index in [9.17, 15) is 18.6 Å². The van der Waals surface area contributed by atoms with Crippen LogP contribution in [0.4, 0.5) is 5.82 Å². The van der Waals surface area contributed by atoms with Gasteiger partial charge in [-0.05, 0) is 24.1 Å². The van der Waals surface area contributed by atoms with Crippen molar-refractivity contribution in [1.29, 1.82) is 0 Å². The largest absolute Gasteiger partial charge is 0.387 e. The van der Waals surface area contributed by atoms with Crippen molar-refractivity contribution in [2.45, 2.75) is 37.3 Å². The molecule has 12 heteroatoms. The Hall–Kier alpha value is -1.41. The molecule has 0 spiro atoms. The van der Waals surface area contributed by atoms with Crippen LogP contribution in [0.2, 0.25) is 0 Å². The number of ether oxygens (including phenoxy) is 1. The first-order chi connectivity index (χ1) is 12.8. The Morgan fingerprint density at radius 2 is 2.11 bits per heavy atom. The third-order valence-corrected chi connectivity index (χ3v) is 6.16. The highest BCUT2D eigenvalue weighted by Gasteiger charge is 2.45. The first-order valence-electron chi connectivity index (χ1n) is 8.48. The minimum absolute atomic E-state index is 0.487. The molecular weight excluding hydrogens is 396 g/mol. The van der Waals surface area contributed by atoms with Crippen molar-refractivity contribution in [2.75, 3.05) is 18.5 Å². The second kappa shape index (κ2) is 7.20. The van der Waals surface area contributed by atoms with E-state index in [0.717, 1.165) is 17.1 Å². The van der Waals surface area contributed by atoms with Crippen LogP contribution in [0.5, 0.6) is 0 Å². The van der Waals surface area contributed by atoms with Crippen molar-refractivity contribution in [3.63, 3.8) is 0 Å². The van der Waals surface area contributed by atoms with E-state index in [1.54, 1.807) is 5.38 Å². The molecule has 0 unspecified atom stereocenters. The lowest BCUT2D eigenvalue weighted by atomic mass is 10.0. The van der Waals surface area contributed by atoms with Crippen molar-refractivity contribution < 1.29 is 27.6 Å². The van der Waals surface area contributed by atoms with Gasteiger partial charge in [0, 0.05) is 12.1 Å². The SMILES string of the molecule is NS(=O)(=O)OC[C@H]1O[C@@H](c2csc3c(NCC4CC4)ncnc23)[C@H](O)[C@@H]1O. The van der Waals surface area contributed by atoms with Gasteiger partial charge in [0.1, 0.15) is 36.6 Å². The van der Waals surface area contributed by atoms with E-state index in [0.29, 0.717) is 17.0 Å². The van der Waals surface area contributed by atoms with Gasteiger partial charge in [-0.2, -0.15) is 8.42 Å². The molecule has 2 fully saturated rings. The summed E-state index contributed by atoms with van der Waals surface area (Å²) in [6, 6.07) is 0. The van der Waals surface area contributed by atoms with Gasteiger partial charge in [-0.1, -0.05) is 0 Å². The second-order valence-corrected chi connectivity index (χ2v) is 8.87. The minimum atomic E-state index is -4.17. The number of anilines is 1. The van der Waals surface area contributed by atoms with Gasteiger partial charge in [-0.25, -0.2) is 15.1 Å². The predicted molar refractivity (Wildman–Crippen MR) is 97.3 cm³/mol. The summed E-state index contributed by atoms with van der Waals surface area (Å²) < 4.78 is 32.9. The molecule has 5 N–H and O–H groups in total. The Balaban J connectivity index is 1.55. The van der Waals surface area contributed by atoms with Gasteiger partial charge in [0.25, 0.3) is 0 Å². The van der Waals surface area contributed by atoms with Gasteiger partial charge in [0.2, 0.25) is 0 Å². The molecule has 4 atom stereocenters. The zero-order valence-corrected chi connectivity index (χ0v) is 15.8. The predicted octanol–water partition coefficient (Wildman–Crippen LogP) is -0.105. The average Bonchev–Trinajstić information content (AvgIpc) is 3.29. The summed E-state index contributed by atoms with van der Waals surface area (Å²) >= 11 is 1.41. The first kappa shape index (κ1) is 18.9. The number of nitrogens with one attached hydrogen (secondary N) is 1. The molecule has 0 aromatic carbocycles. The number of aromatic nitrogens is 2. The zero-order valence-electron chi connectivity index (χ0n) is 14.2. The topological polar surface area (TPSA) is 157 Å². The molecule has 10 nitrogen and oxygen atoms in total. The molecule has 148 valence electrons. The summed E-state index contributed by atoms with van der Waals surface area (Å²) in [6.45, 7) is 0.367. The fourth-order valence-corrected chi connectivity index (χ4v) is 4.40. The van der Waals surface area contributed by atoms with Gasteiger partial charge in [-0.15, -0.1) is 11.3 Å². The highest BCUT2D eigenvalue weighted by atomic mass is 32.2. The van der Waals surface area contributed by atoms with Gasteiger partial charge in [-0.3, -0.25) is 4.18 Å². The maximum absolute atomic E-state index is 10.9. The lowest BCUT2D eigenvalue weighted by Crippen LogP contribution is -2.34. The van der Waals surface area contributed by atoms with E-state index < -0.39 is 41.3 Å². The molecule has 27 heavy (non-hydrogen) atoms. The summed E-state index contributed by atoms with van der Waals surface area (Å²) in [7, 11) is -4.17. The molecule has 3 heterocycles. The normalized spacial score (nSPS) is 28.7. The van der Waals surface area contributed by atoms with Crippen LogP contribution in [0.3, 0.4) is 0 Å². The molecule has 1 aliphatic heterocycles. The number of aliphatic hydroxyl groups is 2. The number of fused-ring (bicyclic) bond motifs is 1. The van der Waals surface area contributed by atoms with Crippen molar-refractivity contribution >= 4 is 37.7 Å². The molecule has 1 saturated heterocycles. The van der Waals surface area contributed by atoms with E-state index >= 15 is 0 Å². The van der Waals surface area contributed by atoms with Gasteiger partial charge < -0.3 is 20.3 Å². The number of thiophene rings is 1. The molecule has 2 aromatic heterocycles. The van der Waals surface area contributed by atoms with Gasteiger partial charge in [0.15, 0.2) is 0 Å². The van der Waals surface area contributed by atoms with Crippen LogP contribution in [-0.2, 0) is 19.2 Å². The zero-order chi connectivity index (χ0) is 19.2. The summed E-state index contributed by atoms with van der Waals surface area (Å²) in [5.41, 5.74) is 1.23. The lowest BCUT2D eigenvalue weighted by Gasteiger charge is -2.13. The van der Waals surface area contributed by atoms with Crippen LogP contribution in [0.1, 0.15) is 24.5 Å². The molecule has 2 aliphatic rings. The number of nitrogens with zero attached hydrogens (tertiary/aromatic N) is 2. The van der Waals surface area contributed by atoms with E-state index in [1.165, 1.54) is 30.5 Å². The van der Waals surface area contributed by atoms with E-state index in [-0.39, 0.29) is 0 Å². The maximum Gasteiger partial charge on any atom is 0.333 e. The molecule has 2 aromatic rings. The molecular formula is C15H20N4O6S2. The van der Waals surface area contributed by atoms with Crippen LogP contribution in [-0.4, -0.2) is 60.1 Å². The molecule has 0 radical (unpaired) electrons. The Bertz CT molecular complexity index is 932. The fraction of sp³-hybridized carbons (Fsp3) is 0.600. The van der Waals surface area contributed by atoms with Crippen molar-refractivity contribution in [1.82, 2.24) is 9.97 Å². The van der Waals surface area contributed by atoms with Crippen LogP contribution in [0, 0.1) is 5.92 Å². The first-order valence-corrected chi connectivity index (χ1v) is 10.8. The number of hydrogen-bond donors (Lipinski definition) is 4. The third kappa shape index (κ3) is 4.06. The van der Waals surface area contributed by atoms with Crippen molar-refractivity contribution in [3.8, 4) is 0 Å². The second-order valence-electron chi connectivity index (χ2n) is 6.77. The van der Waals surface area contributed by atoms with Crippen LogP contribution in [0.15, 0.2) is 11.7 Å². The summed E-state index contributed by atoms with van der Waals surface area (Å²) in [6.07, 6.45) is -0.595. The van der Waals surface area contributed by atoms with Gasteiger partial charge in [0.05, 0.1) is 16.8 Å². The quantitative estimate of drug-likeness (QED) is 0.483.